The zero-order chi connectivity index (χ0) is 10.9. The third-order valence-electron chi connectivity index (χ3n) is 2.09. The molecule has 1 nitrogen and oxygen atoms in total. The molecule has 0 saturated heterocycles. The molecule has 1 aromatic carbocycles. The van der Waals surface area contributed by atoms with Crippen LogP contribution >= 0.6 is 0 Å². The molecule has 1 heteroatoms. The Morgan fingerprint density at radius 1 is 1.00 bits per heavy atom. The summed E-state index contributed by atoms with van der Waals surface area (Å²) < 4.78 is 0. The molecule has 0 aliphatic heterocycles. The molecule has 0 aliphatic rings. The highest BCUT2D eigenvalue weighted by Crippen LogP contribution is 2.00. The zero-order valence-electron chi connectivity index (χ0n) is 9.02. The predicted octanol–water partition coefficient (Wildman–Crippen LogP) is 3.58. The number of hydrogen-bond donors (Lipinski definition) is 0. The van der Waals surface area contributed by atoms with E-state index < -0.39 is 0 Å². The van der Waals surface area contributed by atoms with Gasteiger partial charge in [0, 0.05) is 5.56 Å². The number of hydrogen-bond acceptors (Lipinski definition) is 1. The summed E-state index contributed by atoms with van der Waals surface area (Å²) in [5, 5.41) is 0. The topological polar surface area (TPSA) is 17.1 Å². The Balaban J connectivity index is 3.12. The molecular weight excluding hydrogens is 184 g/mol. The summed E-state index contributed by atoms with van der Waals surface area (Å²) in [5.74, 6) is 0. The number of rotatable bonds is 3. The lowest BCUT2D eigenvalue weighted by Crippen LogP contribution is -1.78. The Labute approximate surface area is 91.1 Å². The summed E-state index contributed by atoms with van der Waals surface area (Å²) in [7, 11) is 0. The second kappa shape index (κ2) is 6.77. The highest BCUT2D eigenvalue weighted by Gasteiger charge is 1.85. The van der Waals surface area contributed by atoms with Gasteiger partial charge in [-0.2, -0.15) is 0 Å². The third kappa shape index (κ3) is 4.41. The lowest BCUT2D eigenvalue weighted by atomic mass is 10.1. The second-order valence-electron chi connectivity index (χ2n) is 3.38. The van der Waals surface area contributed by atoms with Crippen LogP contribution in [-0.4, -0.2) is 6.29 Å². The monoisotopic (exact) mass is 200 g/mol. The van der Waals surface area contributed by atoms with Crippen LogP contribution in [0.25, 0.3) is 0 Å². The first kappa shape index (κ1) is 11.4. The van der Waals surface area contributed by atoms with Gasteiger partial charge in [0.25, 0.3) is 0 Å². The lowest BCUT2D eigenvalue weighted by molar-refractivity contribution is 0.112. The van der Waals surface area contributed by atoms with E-state index in [2.05, 4.69) is 19.1 Å². The highest BCUT2D eigenvalue weighted by molar-refractivity contribution is 5.73. The third-order valence-corrected chi connectivity index (χ3v) is 2.09. The molecule has 1 rings (SSSR count). The van der Waals surface area contributed by atoms with Crippen molar-refractivity contribution >= 4 is 6.29 Å². The van der Waals surface area contributed by atoms with Crippen molar-refractivity contribution in [3.63, 3.8) is 0 Å². The van der Waals surface area contributed by atoms with Gasteiger partial charge < -0.3 is 0 Å². The summed E-state index contributed by atoms with van der Waals surface area (Å²) >= 11 is 0. The molecule has 0 N–H and O–H groups in total. The Hall–Kier alpha value is -1.63. The molecule has 78 valence electrons. The van der Waals surface area contributed by atoms with Gasteiger partial charge >= 0.3 is 0 Å². The van der Waals surface area contributed by atoms with E-state index in [-0.39, 0.29) is 0 Å². The van der Waals surface area contributed by atoms with Crippen LogP contribution in [0.2, 0.25) is 0 Å². The minimum Gasteiger partial charge on any atom is -0.298 e. The van der Waals surface area contributed by atoms with Gasteiger partial charge in [-0.25, -0.2) is 0 Å². The van der Waals surface area contributed by atoms with Crippen molar-refractivity contribution in [2.24, 2.45) is 0 Å². The molecular formula is C14H16O. The van der Waals surface area contributed by atoms with Gasteiger partial charge in [0.2, 0.25) is 0 Å². The smallest absolute Gasteiger partial charge is 0.150 e. The standard InChI is InChI=1S/C14H16O/c1-2-7-13-8-4-3-5-9-14(12-15)11-6-10-13/h3-6,8-12H,2,7H2,1H3. The summed E-state index contributed by atoms with van der Waals surface area (Å²) in [4.78, 5) is 10.6. The van der Waals surface area contributed by atoms with Crippen LogP contribution in [0.15, 0.2) is 48.5 Å². The van der Waals surface area contributed by atoms with Crippen molar-refractivity contribution in [1.82, 2.24) is 0 Å². The summed E-state index contributed by atoms with van der Waals surface area (Å²) in [6.07, 6.45) is 3.05. The molecule has 0 fully saturated rings. The maximum Gasteiger partial charge on any atom is 0.150 e. The number of carbonyl (C=O) groups is 1. The van der Waals surface area contributed by atoms with Crippen molar-refractivity contribution in [2.75, 3.05) is 0 Å². The largest absolute Gasteiger partial charge is 0.298 e. The Bertz CT molecular complexity index is 368. The van der Waals surface area contributed by atoms with Gasteiger partial charge in [-0.3, -0.25) is 4.79 Å². The van der Waals surface area contributed by atoms with Crippen molar-refractivity contribution in [3.8, 4) is 0 Å². The van der Waals surface area contributed by atoms with Crippen LogP contribution in [0.3, 0.4) is 0 Å². The normalized spacial score (nSPS) is 9.13. The van der Waals surface area contributed by atoms with Crippen molar-refractivity contribution < 1.29 is 4.79 Å². The zero-order valence-corrected chi connectivity index (χ0v) is 9.02. The quantitative estimate of drug-likeness (QED) is 0.682. The van der Waals surface area contributed by atoms with E-state index >= 15 is 0 Å². The second-order valence-corrected chi connectivity index (χ2v) is 3.38. The van der Waals surface area contributed by atoms with Crippen LogP contribution < -0.4 is 0 Å². The molecule has 0 spiro atoms. The van der Waals surface area contributed by atoms with E-state index in [4.69, 9.17) is 0 Å². The van der Waals surface area contributed by atoms with Gasteiger partial charge in [0.1, 0.15) is 6.29 Å². The van der Waals surface area contributed by atoms with Crippen LogP contribution in [0.1, 0.15) is 29.3 Å². The number of carbonyl (C=O) groups excluding carboxylic acids is 1. The van der Waals surface area contributed by atoms with Gasteiger partial charge in [0.05, 0.1) is 0 Å². The SMILES string of the molecule is CCCc1cccccc(C=O)ccc1. The van der Waals surface area contributed by atoms with Crippen molar-refractivity contribution in [1.29, 1.82) is 0 Å². The molecule has 15 heavy (non-hydrogen) atoms. The van der Waals surface area contributed by atoms with Crippen LogP contribution in [0.4, 0.5) is 0 Å². The first-order valence-electron chi connectivity index (χ1n) is 5.24. The van der Waals surface area contributed by atoms with Crippen LogP contribution in [0, 0.1) is 0 Å². The minimum atomic E-state index is 0.689. The van der Waals surface area contributed by atoms with E-state index in [1.807, 2.05) is 30.3 Å². The van der Waals surface area contributed by atoms with Crippen LogP contribution in [0.5, 0.6) is 0 Å². The van der Waals surface area contributed by atoms with Gasteiger partial charge in [-0.15, -0.1) is 0 Å². The van der Waals surface area contributed by atoms with Crippen molar-refractivity contribution in [3.05, 3.63) is 59.7 Å². The molecule has 0 bridgehead atoms. The Morgan fingerprint density at radius 3 is 2.40 bits per heavy atom. The van der Waals surface area contributed by atoms with Crippen LogP contribution in [-0.2, 0) is 6.42 Å². The van der Waals surface area contributed by atoms with E-state index in [0.29, 0.717) is 5.56 Å². The average Bonchev–Trinajstić information content (AvgIpc) is 2.27. The van der Waals surface area contributed by atoms with E-state index in [0.717, 1.165) is 19.1 Å². The van der Waals surface area contributed by atoms with Crippen molar-refractivity contribution in [2.45, 2.75) is 19.8 Å². The van der Waals surface area contributed by atoms with Gasteiger partial charge in [0.15, 0.2) is 0 Å². The first-order chi connectivity index (χ1) is 7.36. The number of aldehydes is 1. The van der Waals surface area contributed by atoms with E-state index in [9.17, 15) is 4.79 Å². The predicted molar refractivity (Wildman–Crippen MR) is 63.5 cm³/mol. The molecule has 0 atom stereocenters. The minimum absolute atomic E-state index is 0.689. The molecule has 0 saturated carbocycles. The summed E-state index contributed by atoms with van der Waals surface area (Å²) in [6.45, 7) is 2.16. The Kier molecular flexibility index (Phi) is 5.16. The lowest BCUT2D eigenvalue weighted by Gasteiger charge is -1.92. The van der Waals surface area contributed by atoms with E-state index in [1.54, 1.807) is 6.07 Å². The molecule has 0 radical (unpaired) electrons. The summed E-state index contributed by atoms with van der Waals surface area (Å²) in [6, 6.07) is 15.5. The molecule has 0 amide bonds. The fraction of sp³-hybridized carbons (Fsp3) is 0.214. The highest BCUT2D eigenvalue weighted by atomic mass is 16.1. The molecule has 1 aromatic rings. The molecule has 0 unspecified atom stereocenters. The number of aryl methyl sites for hydroxylation is 1. The fourth-order valence-corrected chi connectivity index (χ4v) is 1.34. The first-order valence-corrected chi connectivity index (χ1v) is 5.24. The van der Waals surface area contributed by atoms with Gasteiger partial charge in [-0.05, 0) is 12.0 Å². The molecule has 0 aliphatic carbocycles. The van der Waals surface area contributed by atoms with Gasteiger partial charge in [-0.1, -0.05) is 61.9 Å². The fourth-order valence-electron chi connectivity index (χ4n) is 1.34. The maximum atomic E-state index is 10.6. The molecule has 0 aromatic heterocycles. The maximum absolute atomic E-state index is 10.6. The average molecular weight is 200 g/mol. The molecule has 0 heterocycles. The van der Waals surface area contributed by atoms with E-state index in [1.165, 1.54) is 5.56 Å². The Morgan fingerprint density at radius 2 is 1.67 bits per heavy atom. The summed E-state index contributed by atoms with van der Waals surface area (Å²) in [5.41, 5.74) is 1.97.